The molecule has 11 heavy (non-hydrogen) atoms. The average Bonchev–Trinajstić information content (AvgIpc) is 2.17. The number of rotatable bonds is 2. The molecule has 0 bridgehead atoms. The van der Waals surface area contributed by atoms with E-state index in [1.165, 1.54) is 0 Å². The Kier molecular flexibility index (Phi) is 2.84. The second-order valence-corrected chi connectivity index (χ2v) is 3.08. The second-order valence-electron chi connectivity index (χ2n) is 3.08. The molecule has 4 heteroatoms. The van der Waals surface area contributed by atoms with Gasteiger partial charge in [0.25, 0.3) is 0 Å². The Labute approximate surface area is 66.1 Å². The summed E-state index contributed by atoms with van der Waals surface area (Å²) in [7, 11) is 1.83. The molecule has 1 aliphatic heterocycles. The quantitative estimate of drug-likeness (QED) is 0.456. The molecule has 0 spiro atoms. The molecule has 1 aliphatic rings. The molecule has 0 aromatic rings. The number of aliphatic hydroxyl groups is 3. The van der Waals surface area contributed by atoms with Crippen LogP contribution in [0.4, 0.5) is 0 Å². The zero-order valence-electron chi connectivity index (χ0n) is 6.64. The molecule has 0 aromatic carbocycles. The van der Waals surface area contributed by atoms with Crippen LogP contribution in [0, 0.1) is 0 Å². The summed E-state index contributed by atoms with van der Waals surface area (Å²) >= 11 is 0. The summed E-state index contributed by atoms with van der Waals surface area (Å²) in [6.07, 6.45) is -0.835. The van der Waals surface area contributed by atoms with Gasteiger partial charge in [-0.25, -0.2) is 0 Å². The fourth-order valence-corrected chi connectivity index (χ4v) is 1.58. The van der Waals surface area contributed by atoms with Crippen molar-refractivity contribution >= 4 is 0 Å². The van der Waals surface area contributed by atoms with Gasteiger partial charge in [-0.2, -0.15) is 0 Å². The van der Waals surface area contributed by atoms with Crippen LogP contribution in [0.25, 0.3) is 0 Å². The molecule has 3 N–H and O–H groups in total. The van der Waals surface area contributed by atoms with Gasteiger partial charge in [-0.3, -0.25) is 4.90 Å². The monoisotopic (exact) mass is 161 g/mol. The number of hydrogen-bond acceptors (Lipinski definition) is 4. The molecule has 0 saturated carbocycles. The lowest BCUT2D eigenvalue weighted by Crippen LogP contribution is -2.34. The first-order valence-corrected chi connectivity index (χ1v) is 3.84. The van der Waals surface area contributed by atoms with Gasteiger partial charge in [0.2, 0.25) is 0 Å². The fraction of sp³-hybridized carbons (Fsp3) is 1.00. The van der Waals surface area contributed by atoms with E-state index in [1.807, 2.05) is 11.9 Å². The third-order valence-electron chi connectivity index (χ3n) is 2.25. The summed E-state index contributed by atoms with van der Waals surface area (Å²) in [6.45, 7) is 0.546. The lowest BCUT2D eigenvalue weighted by Gasteiger charge is -2.20. The van der Waals surface area contributed by atoms with E-state index < -0.39 is 12.2 Å². The van der Waals surface area contributed by atoms with E-state index in [4.69, 9.17) is 5.11 Å². The van der Waals surface area contributed by atoms with Crippen LogP contribution in [0.1, 0.15) is 6.42 Å². The number of β-amino-alcohol motifs (C(OH)–C–C–N with tert-alkyl or cyclic N) is 1. The topological polar surface area (TPSA) is 63.9 Å². The minimum Gasteiger partial charge on any atom is -0.396 e. The molecule has 4 nitrogen and oxygen atoms in total. The van der Waals surface area contributed by atoms with Crippen LogP contribution in [0.3, 0.4) is 0 Å². The molecule has 0 amide bonds. The van der Waals surface area contributed by atoms with Crippen molar-refractivity contribution in [3.63, 3.8) is 0 Å². The molecule has 1 saturated heterocycles. The minimum atomic E-state index is -0.702. The fourth-order valence-electron chi connectivity index (χ4n) is 1.58. The number of nitrogens with zero attached hydrogens (tertiary/aromatic N) is 1. The lowest BCUT2D eigenvalue weighted by atomic mass is 10.1. The minimum absolute atomic E-state index is 0.0544. The summed E-state index contributed by atoms with van der Waals surface area (Å²) < 4.78 is 0. The van der Waals surface area contributed by atoms with Crippen LogP contribution in [0.15, 0.2) is 0 Å². The van der Waals surface area contributed by atoms with E-state index in [0.29, 0.717) is 13.0 Å². The van der Waals surface area contributed by atoms with Crippen LogP contribution in [0.5, 0.6) is 0 Å². The molecule has 0 radical (unpaired) electrons. The van der Waals surface area contributed by atoms with Crippen molar-refractivity contribution in [3.05, 3.63) is 0 Å². The molecule has 1 heterocycles. The molecular weight excluding hydrogens is 146 g/mol. The largest absolute Gasteiger partial charge is 0.396 e. The van der Waals surface area contributed by atoms with E-state index >= 15 is 0 Å². The Balaban J connectivity index is 2.49. The maximum absolute atomic E-state index is 9.36. The van der Waals surface area contributed by atoms with Gasteiger partial charge in [0.15, 0.2) is 0 Å². The van der Waals surface area contributed by atoms with E-state index in [0.717, 1.165) is 0 Å². The van der Waals surface area contributed by atoms with E-state index in [-0.39, 0.29) is 12.6 Å². The van der Waals surface area contributed by atoms with Gasteiger partial charge in [-0.1, -0.05) is 0 Å². The third kappa shape index (κ3) is 1.70. The predicted molar refractivity (Wildman–Crippen MR) is 40.1 cm³/mol. The molecule has 1 fully saturated rings. The highest BCUT2D eigenvalue weighted by atomic mass is 16.3. The Morgan fingerprint density at radius 2 is 2.09 bits per heavy atom. The zero-order valence-corrected chi connectivity index (χ0v) is 6.64. The SMILES string of the molecule is CN1C[C@H](O)[C@@H](O)C1CCO. The number of hydrogen-bond donors (Lipinski definition) is 3. The average molecular weight is 161 g/mol. The van der Waals surface area contributed by atoms with Crippen molar-refractivity contribution in [2.75, 3.05) is 20.2 Å². The van der Waals surface area contributed by atoms with E-state index in [9.17, 15) is 10.2 Å². The Hall–Kier alpha value is -0.160. The maximum Gasteiger partial charge on any atom is 0.0967 e. The van der Waals surface area contributed by atoms with Gasteiger partial charge in [0, 0.05) is 19.2 Å². The molecule has 0 aromatic heterocycles. The van der Waals surface area contributed by atoms with Crippen LogP contribution in [-0.2, 0) is 0 Å². The Bertz CT molecular complexity index is 131. The van der Waals surface area contributed by atoms with Gasteiger partial charge in [0.05, 0.1) is 12.2 Å². The highest BCUT2D eigenvalue weighted by Crippen LogP contribution is 2.18. The van der Waals surface area contributed by atoms with Gasteiger partial charge < -0.3 is 15.3 Å². The van der Waals surface area contributed by atoms with Crippen LogP contribution in [-0.4, -0.2) is 58.7 Å². The van der Waals surface area contributed by atoms with E-state index in [2.05, 4.69) is 0 Å². The van der Waals surface area contributed by atoms with Crippen molar-refractivity contribution in [1.29, 1.82) is 0 Å². The summed E-state index contributed by atoms with van der Waals surface area (Å²) in [4.78, 5) is 1.87. The second kappa shape index (κ2) is 3.49. The first kappa shape index (κ1) is 8.93. The lowest BCUT2D eigenvalue weighted by molar-refractivity contribution is 0.0328. The smallest absolute Gasteiger partial charge is 0.0967 e. The first-order chi connectivity index (χ1) is 5.16. The third-order valence-corrected chi connectivity index (χ3v) is 2.25. The number of likely N-dealkylation sites (tertiary alicyclic amines) is 1. The summed E-state index contributed by atoms with van der Waals surface area (Å²) in [5, 5.41) is 27.2. The first-order valence-electron chi connectivity index (χ1n) is 3.84. The van der Waals surface area contributed by atoms with Crippen molar-refractivity contribution in [1.82, 2.24) is 4.90 Å². The van der Waals surface area contributed by atoms with Gasteiger partial charge in [-0.15, -0.1) is 0 Å². The van der Waals surface area contributed by atoms with Crippen molar-refractivity contribution in [3.8, 4) is 0 Å². The summed E-state index contributed by atoms with van der Waals surface area (Å²) in [5.41, 5.74) is 0. The van der Waals surface area contributed by atoms with Crippen LogP contribution >= 0.6 is 0 Å². The maximum atomic E-state index is 9.36. The predicted octanol–water partition coefficient (Wildman–Crippen LogP) is -1.60. The molecular formula is C7H15NO3. The molecule has 1 unspecified atom stereocenters. The Morgan fingerprint density at radius 1 is 1.45 bits per heavy atom. The van der Waals surface area contributed by atoms with Crippen molar-refractivity contribution in [2.45, 2.75) is 24.7 Å². The van der Waals surface area contributed by atoms with Crippen molar-refractivity contribution in [2.24, 2.45) is 0 Å². The normalized spacial score (nSPS) is 39.8. The summed E-state index contributed by atoms with van der Waals surface area (Å²) in [6, 6.07) is -0.0880. The zero-order chi connectivity index (χ0) is 8.43. The van der Waals surface area contributed by atoms with Gasteiger partial charge in [0.1, 0.15) is 0 Å². The van der Waals surface area contributed by atoms with E-state index in [1.54, 1.807) is 0 Å². The highest BCUT2D eigenvalue weighted by Gasteiger charge is 2.36. The molecule has 3 atom stereocenters. The van der Waals surface area contributed by atoms with Gasteiger partial charge >= 0.3 is 0 Å². The van der Waals surface area contributed by atoms with Crippen LogP contribution < -0.4 is 0 Å². The Morgan fingerprint density at radius 3 is 2.45 bits per heavy atom. The standard InChI is InChI=1S/C7H15NO3/c1-8-4-6(10)7(11)5(8)2-3-9/h5-7,9-11H,2-4H2,1H3/t5?,6-,7-/m0/s1. The molecule has 66 valence electrons. The number of aliphatic hydroxyl groups excluding tert-OH is 3. The number of likely N-dealkylation sites (N-methyl/N-ethyl adjacent to an activating group) is 1. The molecule has 1 rings (SSSR count). The van der Waals surface area contributed by atoms with Crippen molar-refractivity contribution < 1.29 is 15.3 Å². The van der Waals surface area contributed by atoms with Crippen LogP contribution in [0.2, 0.25) is 0 Å². The molecule has 0 aliphatic carbocycles. The highest BCUT2D eigenvalue weighted by molar-refractivity contribution is 4.91. The summed E-state index contributed by atoms with van der Waals surface area (Å²) in [5.74, 6) is 0. The van der Waals surface area contributed by atoms with Gasteiger partial charge in [-0.05, 0) is 13.5 Å².